The van der Waals surface area contributed by atoms with Gasteiger partial charge in [0.15, 0.2) is 0 Å². The number of carboxylic acids is 2. The second kappa shape index (κ2) is 5.83. The predicted octanol–water partition coefficient (Wildman–Crippen LogP) is 2.71. The third-order valence-corrected chi connectivity index (χ3v) is 4.04. The number of hydrogen-bond acceptors (Lipinski definition) is 3. The van der Waals surface area contributed by atoms with E-state index >= 15 is 0 Å². The average Bonchev–Trinajstić information content (AvgIpc) is 2.42. The molecule has 1 aliphatic heterocycles. The van der Waals surface area contributed by atoms with Crippen LogP contribution in [0.2, 0.25) is 0 Å². The molecule has 23 heavy (non-hydrogen) atoms. The zero-order valence-corrected chi connectivity index (χ0v) is 12.7. The van der Waals surface area contributed by atoms with Crippen molar-refractivity contribution in [2.45, 2.75) is 19.8 Å². The lowest BCUT2D eigenvalue weighted by molar-refractivity contribution is -0.133. The van der Waals surface area contributed by atoms with Gasteiger partial charge in [0.1, 0.15) is 11.6 Å². The number of aliphatic carboxylic acids is 2. The molecule has 0 aliphatic carbocycles. The summed E-state index contributed by atoms with van der Waals surface area (Å²) in [7, 11) is 1.54. The standard InChI is InChI=1S/C16H15F2NO4/c1-7-12(15(20)21)14(9-4-10(17)6-11(18)5-9)13(16(22)23)8(2)19(7)3/h4-6,14H,1-3H3,(H,20,21)(H,22,23). The van der Waals surface area contributed by atoms with Gasteiger partial charge in [0.2, 0.25) is 0 Å². The molecule has 0 radical (unpaired) electrons. The highest BCUT2D eigenvalue weighted by Gasteiger charge is 2.38. The lowest BCUT2D eigenvalue weighted by atomic mass is 9.80. The van der Waals surface area contributed by atoms with Gasteiger partial charge in [0, 0.05) is 24.5 Å². The van der Waals surface area contributed by atoms with Gasteiger partial charge in [-0.15, -0.1) is 0 Å². The fourth-order valence-corrected chi connectivity index (χ4v) is 2.81. The van der Waals surface area contributed by atoms with Crippen LogP contribution in [0, 0.1) is 11.6 Å². The first-order valence-electron chi connectivity index (χ1n) is 6.73. The van der Waals surface area contributed by atoms with E-state index in [2.05, 4.69) is 0 Å². The van der Waals surface area contributed by atoms with Crippen LogP contribution in [0.25, 0.3) is 0 Å². The van der Waals surface area contributed by atoms with E-state index in [0.29, 0.717) is 17.5 Å². The molecule has 0 unspecified atom stereocenters. The Morgan fingerprint density at radius 1 is 0.957 bits per heavy atom. The van der Waals surface area contributed by atoms with E-state index in [1.54, 1.807) is 7.05 Å². The van der Waals surface area contributed by atoms with Crippen molar-refractivity contribution in [3.05, 3.63) is 57.9 Å². The van der Waals surface area contributed by atoms with E-state index in [0.717, 1.165) is 12.1 Å². The smallest absolute Gasteiger partial charge is 0.334 e. The number of carboxylic acid groups (broad SMARTS) is 2. The molecule has 2 N–H and O–H groups in total. The molecule has 0 amide bonds. The van der Waals surface area contributed by atoms with Crippen LogP contribution in [0.1, 0.15) is 25.3 Å². The van der Waals surface area contributed by atoms with Gasteiger partial charge in [0.25, 0.3) is 0 Å². The number of nitrogens with zero attached hydrogens (tertiary/aromatic N) is 1. The molecular formula is C16H15F2NO4. The third-order valence-electron chi connectivity index (χ3n) is 4.04. The molecule has 1 heterocycles. The first kappa shape index (κ1) is 16.7. The minimum absolute atomic E-state index is 0.0518. The monoisotopic (exact) mass is 323 g/mol. The van der Waals surface area contributed by atoms with Gasteiger partial charge >= 0.3 is 11.9 Å². The summed E-state index contributed by atoms with van der Waals surface area (Å²) in [5.41, 5.74) is 0.134. The summed E-state index contributed by atoms with van der Waals surface area (Å²) in [5, 5.41) is 19.0. The second-order valence-electron chi connectivity index (χ2n) is 5.30. The number of rotatable bonds is 3. The van der Waals surface area contributed by atoms with Crippen LogP contribution in [-0.2, 0) is 9.59 Å². The molecule has 122 valence electrons. The predicted molar refractivity (Wildman–Crippen MR) is 77.5 cm³/mol. The normalized spacial score (nSPS) is 16.1. The first-order valence-corrected chi connectivity index (χ1v) is 6.73. The molecular weight excluding hydrogens is 308 g/mol. The molecule has 7 heteroatoms. The van der Waals surface area contributed by atoms with E-state index < -0.39 is 29.5 Å². The molecule has 0 saturated heterocycles. The summed E-state index contributed by atoms with van der Waals surface area (Å²) in [6.07, 6.45) is 0. The first-order chi connectivity index (χ1) is 10.6. The molecule has 0 saturated carbocycles. The molecule has 0 spiro atoms. The molecule has 1 aromatic carbocycles. The quantitative estimate of drug-likeness (QED) is 0.894. The summed E-state index contributed by atoms with van der Waals surface area (Å²) >= 11 is 0. The lowest BCUT2D eigenvalue weighted by Crippen LogP contribution is -2.32. The number of halogens is 2. The fourth-order valence-electron chi connectivity index (χ4n) is 2.81. The van der Waals surface area contributed by atoms with Crippen LogP contribution >= 0.6 is 0 Å². The van der Waals surface area contributed by atoms with Gasteiger partial charge in [-0.3, -0.25) is 0 Å². The van der Waals surface area contributed by atoms with Crippen LogP contribution in [0.3, 0.4) is 0 Å². The van der Waals surface area contributed by atoms with Crippen molar-refractivity contribution >= 4 is 11.9 Å². The van der Waals surface area contributed by atoms with Crippen LogP contribution in [-0.4, -0.2) is 34.1 Å². The Morgan fingerprint density at radius 2 is 1.35 bits per heavy atom. The van der Waals surface area contributed by atoms with Crippen molar-refractivity contribution in [1.29, 1.82) is 0 Å². The van der Waals surface area contributed by atoms with Gasteiger partial charge in [-0.25, -0.2) is 18.4 Å². The average molecular weight is 323 g/mol. The van der Waals surface area contributed by atoms with Crippen molar-refractivity contribution in [2.24, 2.45) is 0 Å². The third kappa shape index (κ3) is 2.81. The molecule has 2 rings (SSSR count). The van der Waals surface area contributed by atoms with E-state index in [4.69, 9.17) is 0 Å². The Morgan fingerprint density at radius 3 is 1.70 bits per heavy atom. The molecule has 0 bridgehead atoms. The highest BCUT2D eigenvalue weighted by atomic mass is 19.1. The Hall–Kier alpha value is -2.70. The summed E-state index contributed by atoms with van der Waals surface area (Å²) in [6.45, 7) is 3.04. The van der Waals surface area contributed by atoms with Gasteiger partial charge < -0.3 is 15.1 Å². The second-order valence-corrected chi connectivity index (χ2v) is 5.30. The summed E-state index contributed by atoms with van der Waals surface area (Å²) < 4.78 is 27.1. The zero-order valence-electron chi connectivity index (χ0n) is 12.7. The van der Waals surface area contributed by atoms with E-state index in [1.165, 1.54) is 18.7 Å². The van der Waals surface area contributed by atoms with Crippen molar-refractivity contribution in [3.63, 3.8) is 0 Å². The summed E-state index contributed by atoms with van der Waals surface area (Å²) in [4.78, 5) is 24.7. The maximum atomic E-state index is 13.5. The Kier molecular flexibility index (Phi) is 4.22. The van der Waals surface area contributed by atoms with Gasteiger partial charge in [-0.05, 0) is 31.5 Å². The van der Waals surface area contributed by atoms with Gasteiger partial charge in [0.05, 0.1) is 17.1 Å². The molecule has 5 nitrogen and oxygen atoms in total. The highest BCUT2D eigenvalue weighted by Crippen LogP contribution is 2.41. The summed E-state index contributed by atoms with van der Waals surface area (Å²) in [6, 6.07) is 2.55. The largest absolute Gasteiger partial charge is 0.478 e. The van der Waals surface area contributed by atoms with Crippen molar-refractivity contribution in [1.82, 2.24) is 4.90 Å². The highest BCUT2D eigenvalue weighted by molar-refractivity contribution is 5.98. The molecule has 0 aromatic heterocycles. The van der Waals surface area contributed by atoms with Crippen molar-refractivity contribution < 1.29 is 28.6 Å². The molecule has 1 aliphatic rings. The molecule has 0 fully saturated rings. The minimum atomic E-state index is -1.34. The van der Waals surface area contributed by atoms with Crippen LogP contribution < -0.4 is 0 Å². The van der Waals surface area contributed by atoms with E-state index in [9.17, 15) is 28.6 Å². The van der Waals surface area contributed by atoms with Gasteiger partial charge in [-0.2, -0.15) is 0 Å². The van der Waals surface area contributed by atoms with Crippen LogP contribution in [0.5, 0.6) is 0 Å². The number of hydrogen-bond donors (Lipinski definition) is 2. The maximum Gasteiger partial charge on any atom is 0.334 e. The van der Waals surface area contributed by atoms with Crippen molar-refractivity contribution in [2.75, 3.05) is 7.05 Å². The minimum Gasteiger partial charge on any atom is -0.478 e. The van der Waals surface area contributed by atoms with Crippen molar-refractivity contribution in [3.8, 4) is 0 Å². The summed E-state index contributed by atoms with van der Waals surface area (Å²) in [5.74, 6) is -5.73. The van der Waals surface area contributed by atoms with E-state index in [1.807, 2.05) is 0 Å². The van der Waals surface area contributed by atoms with Crippen LogP contribution in [0.15, 0.2) is 40.7 Å². The molecule has 1 aromatic rings. The fraction of sp³-hybridized carbons (Fsp3) is 0.250. The Labute approximate surface area is 131 Å². The zero-order chi connectivity index (χ0) is 17.5. The lowest BCUT2D eigenvalue weighted by Gasteiger charge is -2.34. The Balaban J connectivity index is 2.81. The Bertz CT molecular complexity index is 709. The SMILES string of the molecule is CC1=C(C(=O)O)C(c2cc(F)cc(F)c2)C(C(=O)O)=C(C)N1C. The maximum absolute atomic E-state index is 13.5. The van der Waals surface area contributed by atoms with Gasteiger partial charge in [-0.1, -0.05) is 0 Å². The topological polar surface area (TPSA) is 77.8 Å². The van der Waals surface area contributed by atoms with E-state index in [-0.39, 0.29) is 16.7 Å². The number of carbonyl (C=O) groups is 2. The molecule has 0 atom stereocenters. The number of allylic oxidation sites excluding steroid dienone is 2. The van der Waals surface area contributed by atoms with Crippen LogP contribution in [0.4, 0.5) is 8.78 Å². The number of benzene rings is 1.